The van der Waals surface area contributed by atoms with E-state index in [1.165, 1.54) is 4.90 Å². The molecule has 26 heavy (non-hydrogen) atoms. The smallest absolute Gasteiger partial charge is 0.238 e. The summed E-state index contributed by atoms with van der Waals surface area (Å²) >= 11 is 5.87. The monoisotopic (exact) mass is 367 g/mol. The largest absolute Gasteiger partial charge is 0.457 e. The number of amides is 2. The maximum absolute atomic E-state index is 12.8. The first-order valence-electron chi connectivity index (χ1n) is 8.62. The van der Waals surface area contributed by atoms with Gasteiger partial charge in [-0.3, -0.25) is 14.5 Å². The van der Waals surface area contributed by atoms with Crippen molar-refractivity contribution in [3.8, 4) is 11.5 Å². The molecule has 0 spiro atoms. The summed E-state index contributed by atoms with van der Waals surface area (Å²) in [5, 5.41) is 0.643. The van der Waals surface area contributed by atoms with Crippen LogP contribution in [-0.2, 0) is 9.59 Å². The highest BCUT2D eigenvalue weighted by Crippen LogP contribution is 2.40. The van der Waals surface area contributed by atoms with Gasteiger partial charge in [-0.05, 0) is 60.9 Å². The van der Waals surface area contributed by atoms with Crippen LogP contribution in [0.4, 0.5) is 5.69 Å². The number of benzene rings is 2. The van der Waals surface area contributed by atoms with Gasteiger partial charge in [0.25, 0.3) is 0 Å². The Hall–Kier alpha value is -2.59. The van der Waals surface area contributed by atoms with Crippen molar-refractivity contribution in [1.29, 1.82) is 0 Å². The van der Waals surface area contributed by atoms with Gasteiger partial charge in [-0.25, -0.2) is 0 Å². The molecule has 0 radical (unpaired) electrons. The van der Waals surface area contributed by atoms with E-state index in [9.17, 15) is 9.59 Å². The summed E-state index contributed by atoms with van der Waals surface area (Å²) in [6.07, 6.45) is 4.66. The summed E-state index contributed by atoms with van der Waals surface area (Å²) in [6, 6.07) is 14.1. The van der Waals surface area contributed by atoms with E-state index in [1.54, 1.807) is 48.5 Å². The van der Waals surface area contributed by atoms with Crippen LogP contribution in [0.25, 0.3) is 0 Å². The molecule has 3 atom stereocenters. The van der Waals surface area contributed by atoms with E-state index >= 15 is 0 Å². The van der Waals surface area contributed by atoms with Crippen LogP contribution in [0, 0.1) is 17.8 Å². The normalized spacial score (nSPS) is 24.7. The Morgan fingerprint density at radius 2 is 1.58 bits per heavy atom. The SMILES string of the molecule is C[C@H]1C=CC[C@@H]2C(=O)N(c3ccc(Oc4ccc(Cl)cc4)cc3)C(=O)[C@@H]21. The number of halogens is 1. The first kappa shape index (κ1) is 16.9. The molecule has 4 nitrogen and oxygen atoms in total. The number of carbonyl (C=O) groups is 2. The molecule has 1 aliphatic heterocycles. The highest BCUT2D eigenvalue weighted by Gasteiger charge is 2.50. The molecule has 132 valence electrons. The summed E-state index contributed by atoms with van der Waals surface area (Å²) in [7, 11) is 0. The molecule has 1 heterocycles. The molecule has 0 N–H and O–H groups in total. The Bertz CT molecular complexity index is 873. The number of imide groups is 1. The van der Waals surface area contributed by atoms with Gasteiger partial charge in [0.15, 0.2) is 0 Å². The van der Waals surface area contributed by atoms with E-state index in [0.29, 0.717) is 28.6 Å². The van der Waals surface area contributed by atoms with Gasteiger partial charge in [-0.2, -0.15) is 0 Å². The molecule has 5 heteroatoms. The number of nitrogens with zero attached hydrogens (tertiary/aromatic N) is 1. The van der Waals surface area contributed by atoms with Crippen molar-refractivity contribution in [3.63, 3.8) is 0 Å². The van der Waals surface area contributed by atoms with Crippen molar-refractivity contribution >= 4 is 29.1 Å². The average Bonchev–Trinajstić information content (AvgIpc) is 2.90. The van der Waals surface area contributed by atoms with Gasteiger partial charge in [-0.1, -0.05) is 30.7 Å². The van der Waals surface area contributed by atoms with E-state index in [1.807, 2.05) is 19.1 Å². The van der Waals surface area contributed by atoms with Crippen LogP contribution in [0.2, 0.25) is 5.02 Å². The van der Waals surface area contributed by atoms with Crippen LogP contribution in [0.1, 0.15) is 13.3 Å². The van der Waals surface area contributed by atoms with Crippen molar-refractivity contribution in [2.45, 2.75) is 13.3 Å². The third-order valence-electron chi connectivity index (χ3n) is 5.02. The van der Waals surface area contributed by atoms with Gasteiger partial charge in [0.05, 0.1) is 17.5 Å². The molecule has 4 rings (SSSR count). The van der Waals surface area contributed by atoms with E-state index in [-0.39, 0.29) is 29.6 Å². The van der Waals surface area contributed by atoms with Crippen LogP contribution < -0.4 is 9.64 Å². The lowest BCUT2D eigenvalue weighted by Crippen LogP contribution is -2.31. The summed E-state index contributed by atoms with van der Waals surface area (Å²) in [5.74, 6) is 0.669. The first-order valence-corrected chi connectivity index (χ1v) is 9.00. The molecule has 0 saturated carbocycles. The number of fused-ring (bicyclic) bond motifs is 1. The number of rotatable bonds is 3. The van der Waals surface area contributed by atoms with Crippen LogP contribution in [0.5, 0.6) is 11.5 Å². The minimum Gasteiger partial charge on any atom is -0.457 e. The van der Waals surface area contributed by atoms with E-state index in [4.69, 9.17) is 16.3 Å². The number of carbonyl (C=O) groups excluding carboxylic acids is 2. The zero-order valence-corrected chi connectivity index (χ0v) is 15.0. The fourth-order valence-electron chi connectivity index (χ4n) is 3.70. The third kappa shape index (κ3) is 2.90. The molecule has 0 unspecified atom stereocenters. The summed E-state index contributed by atoms with van der Waals surface area (Å²) in [5.41, 5.74) is 0.588. The fourth-order valence-corrected chi connectivity index (χ4v) is 3.83. The number of anilines is 1. The lowest BCUT2D eigenvalue weighted by atomic mass is 9.78. The van der Waals surface area contributed by atoms with Crippen LogP contribution >= 0.6 is 11.6 Å². The highest BCUT2D eigenvalue weighted by atomic mass is 35.5. The van der Waals surface area contributed by atoms with Crippen molar-refractivity contribution in [3.05, 3.63) is 65.7 Å². The van der Waals surface area contributed by atoms with Crippen LogP contribution in [0.15, 0.2) is 60.7 Å². The lowest BCUT2D eigenvalue weighted by Gasteiger charge is -2.22. The van der Waals surface area contributed by atoms with Gasteiger partial charge < -0.3 is 4.74 Å². The Balaban J connectivity index is 1.54. The molecule has 1 saturated heterocycles. The number of hydrogen-bond acceptors (Lipinski definition) is 3. The second kappa shape index (κ2) is 6.61. The fraction of sp³-hybridized carbons (Fsp3) is 0.238. The Morgan fingerprint density at radius 1 is 0.962 bits per heavy atom. The van der Waals surface area contributed by atoms with E-state index < -0.39 is 0 Å². The average molecular weight is 368 g/mol. The molecular weight excluding hydrogens is 350 g/mol. The minimum absolute atomic E-state index is 0.0858. The second-order valence-corrected chi connectivity index (χ2v) is 7.15. The van der Waals surface area contributed by atoms with Gasteiger partial charge in [0, 0.05) is 5.02 Å². The lowest BCUT2D eigenvalue weighted by molar-refractivity contribution is -0.122. The van der Waals surface area contributed by atoms with Gasteiger partial charge in [0.1, 0.15) is 11.5 Å². The molecule has 2 aromatic rings. The van der Waals surface area contributed by atoms with Gasteiger partial charge in [-0.15, -0.1) is 0 Å². The molecule has 0 aromatic heterocycles. The molecule has 2 aromatic carbocycles. The Morgan fingerprint density at radius 3 is 2.19 bits per heavy atom. The Kier molecular flexibility index (Phi) is 4.29. The van der Waals surface area contributed by atoms with E-state index in [0.717, 1.165) is 0 Å². The van der Waals surface area contributed by atoms with Gasteiger partial charge in [0.2, 0.25) is 11.8 Å². The summed E-state index contributed by atoms with van der Waals surface area (Å²) in [4.78, 5) is 26.9. The van der Waals surface area contributed by atoms with Crippen molar-refractivity contribution in [2.75, 3.05) is 4.90 Å². The van der Waals surface area contributed by atoms with E-state index in [2.05, 4.69) is 0 Å². The minimum atomic E-state index is -0.252. The maximum Gasteiger partial charge on any atom is 0.238 e. The quantitative estimate of drug-likeness (QED) is 0.576. The standard InChI is InChI=1S/C21H18ClNO3/c1-13-3-2-4-18-19(13)21(25)23(20(18)24)15-7-11-17(12-8-15)26-16-9-5-14(22)6-10-16/h2-3,5-13,18-19H,4H2,1H3/t13-,18-,19+/m0/s1. The Labute approximate surface area is 157 Å². The van der Waals surface area contributed by atoms with Crippen molar-refractivity contribution < 1.29 is 14.3 Å². The highest BCUT2D eigenvalue weighted by molar-refractivity contribution is 6.30. The van der Waals surface area contributed by atoms with Crippen molar-refractivity contribution in [2.24, 2.45) is 17.8 Å². The summed E-state index contributed by atoms with van der Waals surface area (Å²) in [6.45, 7) is 1.99. The number of hydrogen-bond donors (Lipinski definition) is 0. The molecule has 1 fully saturated rings. The maximum atomic E-state index is 12.8. The zero-order valence-electron chi connectivity index (χ0n) is 14.3. The molecule has 1 aliphatic carbocycles. The van der Waals surface area contributed by atoms with Gasteiger partial charge >= 0.3 is 0 Å². The molecule has 2 amide bonds. The third-order valence-corrected chi connectivity index (χ3v) is 5.27. The zero-order chi connectivity index (χ0) is 18.3. The topological polar surface area (TPSA) is 46.6 Å². The van der Waals surface area contributed by atoms with Crippen LogP contribution in [0.3, 0.4) is 0 Å². The first-order chi connectivity index (χ1) is 12.5. The summed E-state index contributed by atoms with van der Waals surface area (Å²) < 4.78 is 5.76. The predicted octanol–water partition coefficient (Wildman–Crippen LogP) is 4.83. The predicted molar refractivity (Wildman–Crippen MR) is 100 cm³/mol. The number of ether oxygens (including phenoxy) is 1. The molecular formula is C21H18ClNO3. The van der Waals surface area contributed by atoms with Crippen molar-refractivity contribution in [1.82, 2.24) is 0 Å². The molecule has 2 aliphatic rings. The van der Waals surface area contributed by atoms with Crippen LogP contribution in [-0.4, -0.2) is 11.8 Å². The second-order valence-electron chi connectivity index (χ2n) is 6.72. The number of allylic oxidation sites excluding steroid dienone is 2. The molecule has 0 bridgehead atoms.